The number of nitrogens with zero attached hydrogens (tertiary/aromatic N) is 1. The van der Waals surface area contributed by atoms with Gasteiger partial charge in [-0.05, 0) is 26.0 Å². The molecule has 1 heterocycles. The van der Waals surface area contributed by atoms with Crippen LogP contribution in [-0.2, 0) is 20.0 Å². The molecule has 0 aliphatic carbocycles. The first-order valence-electron chi connectivity index (χ1n) is 5.82. The number of halogens is 3. The van der Waals surface area contributed by atoms with Crippen molar-refractivity contribution >= 4 is 54.8 Å². The summed E-state index contributed by atoms with van der Waals surface area (Å²) < 4.78 is 47.4. The van der Waals surface area contributed by atoms with Gasteiger partial charge >= 0.3 is 0 Å². The Morgan fingerprint density at radius 3 is 2.05 bits per heavy atom. The zero-order valence-electron chi connectivity index (χ0n) is 11.0. The van der Waals surface area contributed by atoms with Gasteiger partial charge in [0.2, 0.25) is 13.8 Å². The molecule has 1 aromatic rings. The molecule has 1 aliphatic heterocycles. The van der Waals surface area contributed by atoms with E-state index in [1.807, 2.05) is 0 Å². The van der Waals surface area contributed by atoms with E-state index in [9.17, 15) is 16.8 Å². The van der Waals surface area contributed by atoms with Gasteiger partial charge in [-0.3, -0.25) is 0 Å². The molecule has 1 saturated heterocycles. The van der Waals surface area contributed by atoms with Crippen LogP contribution >= 0.6 is 34.8 Å². The lowest BCUT2D eigenvalue weighted by Crippen LogP contribution is -2.69. The van der Waals surface area contributed by atoms with Crippen molar-refractivity contribution in [1.29, 1.82) is 0 Å². The SMILES string of the molecule is Cc1ccc(S(=O)(=O)N2[C@H](C(Cl)(Cl)Cl)[C@H](C)S2(=O)=O)cc1. The van der Waals surface area contributed by atoms with Crippen LogP contribution in [0.15, 0.2) is 29.2 Å². The van der Waals surface area contributed by atoms with E-state index >= 15 is 0 Å². The van der Waals surface area contributed by atoms with Gasteiger partial charge in [0.25, 0.3) is 10.0 Å². The van der Waals surface area contributed by atoms with Crippen LogP contribution in [-0.4, -0.2) is 35.6 Å². The predicted octanol–water partition coefficient (Wildman–Crippen LogP) is 2.46. The highest BCUT2D eigenvalue weighted by atomic mass is 35.6. The van der Waals surface area contributed by atoms with E-state index in [2.05, 4.69) is 0 Å². The maximum Gasteiger partial charge on any atom is 0.256 e. The van der Waals surface area contributed by atoms with E-state index in [0.29, 0.717) is 3.71 Å². The van der Waals surface area contributed by atoms with Crippen LogP contribution in [0, 0.1) is 6.92 Å². The molecule has 0 aromatic heterocycles. The summed E-state index contributed by atoms with van der Waals surface area (Å²) in [6, 6.07) is 4.50. The Balaban J connectivity index is 2.55. The van der Waals surface area contributed by atoms with Crippen LogP contribution in [0.2, 0.25) is 0 Å². The highest BCUT2D eigenvalue weighted by molar-refractivity contribution is 8.05. The molecule has 21 heavy (non-hydrogen) atoms. The number of alkyl halides is 3. The Labute approximate surface area is 138 Å². The summed E-state index contributed by atoms with van der Waals surface area (Å²) in [7, 11) is -8.36. The Morgan fingerprint density at radius 1 is 1.14 bits per heavy atom. The number of sulfonamides is 2. The van der Waals surface area contributed by atoms with E-state index in [0.717, 1.165) is 5.56 Å². The van der Waals surface area contributed by atoms with E-state index in [4.69, 9.17) is 34.8 Å². The van der Waals surface area contributed by atoms with Gasteiger partial charge in [0, 0.05) is 0 Å². The second-order valence-electron chi connectivity index (χ2n) is 4.78. The van der Waals surface area contributed by atoms with Gasteiger partial charge in [0.05, 0.1) is 10.1 Å². The van der Waals surface area contributed by atoms with Gasteiger partial charge in [-0.15, -0.1) is 0 Å². The van der Waals surface area contributed by atoms with Gasteiger partial charge in [-0.25, -0.2) is 16.8 Å². The van der Waals surface area contributed by atoms with Crippen molar-refractivity contribution < 1.29 is 16.8 Å². The predicted molar refractivity (Wildman–Crippen MR) is 82.7 cm³/mol. The number of hydrogen-bond acceptors (Lipinski definition) is 4. The smallest absolute Gasteiger partial charge is 0.211 e. The first-order chi connectivity index (χ1) is 9.40. The summed E-state index contributed by atoms with van der Waals surface area (Å²) >= 11 is 17.2. The van der Waals surface area contributed by atoms with Crippen LogP contribution in [0.4, 0.5) is 0 Å². The molecule has 10 heteroatoms. The minimum atomic E-state index is -4.30. The Morgan fingerprint density at radius 2 is 1.62 bits per heavy atom. The fourth-order valence-electron chi connectivity index (χ4n) is 2.08. The van der Waals surface area contributed by atoms with Crippen molar-refractivity contribution in [2.45, 2.75) is 33.8 Å². The maximum atomic E-state index is 12.5. The molecule has 0 N–H and O–H groups in total. The molecule has 118 valence electrons. The third-order valence-corrected chi connectivity index (χ3v) is 8.66. The lowest BCUT2D eigenvalue weighted by Gasteiger charge is -2.46. The van der Waals surface area contributed by atoms with Crippen LogP contribution in [0.25, 0.3) is 0 Å². The lowest BCUT2D eigenvalue weighted by atomic mass is 10.2. The Kier molecular flexibility index (Phi) is 4.32. The quantitative estimate of drug-likeness (QED) is 0.725. The first-order valence-corrected chi connectivity index (χ1v) is 9.89. The molecule has 0 spiro atoms. The van der Waals surface area contributed by atoms with Crippen molar-refractivity contribution in [1.82, 2.24) is 3.71 Å². The molecule has 0 unspecified atom stereocenters. The van der Waals surface area contributed by atoms with Crippen molar-refractivity contribution in [3.8, 4) is 0 Å². The largest absolute Gasteiger partial charge is 0.256 e. The monoisotopic (exact) mass is 391 g/mol. The van der Waals surface area contributed by atoms with E-state index < -0.39 is 35.1 Å². The summed E-state index contributed by atoms with van der Waals surface area (Å²) in [6.07, 6.45) is 0. The second kappa shape index (κ2) is 5.25. The summed E-state index contributed by atoms with van der Waals surface area (Å²) in [6.45, 7) is 3.09. The molecule has 2 atom stereocenters. The van der Waals surface area contributed by atoms with Crippen LogP contribution < -0.4 is 0 Å². The van der Waals surface area contributed by atoms with E-state index in [-0.39, 0.29) is 4.90 Å². The van der Waals surface area contributed by atoms with E-state index in [1.54, 1.807) is 19.1 Å². The molecule has 0 amide bonds. The number of rotatable bonds is 2. The number of hydrogen-bond donors (Lipinski definition) is 0. The minimum absolute atomic E-state index is 0.164. The molecule has 1 aliphatic rings. The zero-order chi connectivity index (χ0) is 16.2. The van der Waals surface area contributed by atoms with Crippen molar-refractivity contribution in [2.75, 3.05) is 0 Å². The normalized spacial score (nSPS) is 26.3. The standard InChI is InChI=1S/C11H12Cl3NO4S2/c1-7-3-5-9(6-4-7)21(18,19)15-10(11(12,13)14)8(2)20(15,16)17/h3-6,8,10H,1-2H3/t8-,10-/m0/s1. The summed E-state index contributed by atoms with van der Waals surface area (Å²) in [5.74, 6) is 0. The molecule has 1 aromatic carbocycles. The second-order valence-corrected chi connectivity index (χ2v) is 11.4. The first kappa shape index (κ1) is 17.3. The molecule has 1 fully saturated rings. The zero-order valence-corrected chi connectivity index (χ0v) is 14.9. The Hall–Kier alpha value is -0.0500. The third-order valence-electron chi connectivity index (χ3n) is 3.28. The summed E-state index contributed by atoms with van der Waals surface area (Å²) in [5, 5.41) is -1.09. The Bertz CT molecular complexity index is 754. The van der Waals surface area contributed by atoms with Crippen LogP contribution in [0.3, 0.4) is 0 Å². The average Bonchev–Trinajstić information content (AvgIpc) is 2.33. The third kappa shape index (κ3) is 2.80. The van der Waals surface area contributed by atoms with Crippen molar-refractivity contribution in [2.24, 2.45) is 0 Å². The molecule has 2 rings (SSSR count). The van der Waals surface area contributed by atoms with Gasteiger partial charge in [-0.1, -0.05) is 56.2 Å². The molecular formula is C11H12Cl3NO4S2. The van der Waals surface area contributed by atoms with E-state index in [1.165, 1.54) is 19.1 Å². The topological polar surface area (TPSA) is 71.5 Å². The van der Waals surface area contributed by atoms with Crippen LogP contribution in [0.1, 0.15) is 12.5 Å². The van der Waals surface area contributed by atoms with Crippen molar-refractivity contribution in [3.63, 3.8) is 0 Å². The maximum absolute atomic E-state index is 12.5. The highest BCUT2D eigenvalue weighted by Gasteiger charge is 2.64. The fourth-order valence-corrected chi connectivity index (χ4v) is 8.12. The van der Waals surface area contributed by atoms with Crippen LogP contribution in [0.5, 0.6) is 0 Å². The van der Waals surface area contributed by atoms with Gasteiger partial charge in [0.1, 0.15) is 6.04 Å². The van der Waals surface area contributed by atoms with Gasteiger partial charge in [0.15, 0.2) is 0 Å². The molecule has 0 radical (unpaired) electrons. The highest BCUT2D eigenvalue weighted by Crippen LogP contribution is 2.47. The summed E-state index contributed by atoms with van der Waals surface area (Å²) in [4.78, 5) is -0.164. The average molecular weight is 393 g/mol. The molecule has 0 saturated carbocycles. The fraction of sp³-hybridized carbons (Fsp3) is 0.455. The molecule has 5 nitrogen and oxygen atoms in total. The number of benzene rings is 1. The minimum Gasteiger partial charge on any atom is -0.211 e. The van der Waals surface area contributed by atoms with Gasteiger partial charge in [-0.2, -0.15) is 0 Å². The molecular weight excluding hydrogens is 381 g/mol. The lowest BCUT2D eigenvalue weighted by molar-refractivity contribution is 0.350. The van der Waals surface area contributed by atoms with Crippen molar-refractivity contribution in [3.05, 3.63) is 29.8 Å². The number of aryl methyl sites for hydroxylation is 1. The van der Waals surface area contributed by atoms with Gasteiger partial charge < -0.3 is 0 Å². The molecule has 0 bridgehead atoms. The summed E-state index contributed by atoms with van der Waals surface area (Å²) in [5.41, 5.74) is 0.840.